The lowest BCUT2D eigenvalue weighted by molar-refractivity contribution is 0.628. The Kier molecular flexibility index (Phi) is 3.66. The molecule has 1 aliphatic carbocycles. The molecule has 0 unspecified atom stereocenters. The van der Waals surface area contributed by atoms with Gasteiger partial charge in [-0.3, -0.25) is 0 Å². The van der Waals surface area contributed by atoms with Crippen LogP contribution in [0.4, 0.5) is 10.3 Å². The van der Waals surface area contributed by atoms with Crippen LogP contribution in [0.1, 0.15) is 24.0 Å². The summed E-state index contributed by atoms with van der Waals surface area (Å²) < 4.78 is 13.1. The van der Waals surface area contributed by atoms with Gasteiger partial charge >= 0.3 is 0 Å². The monoisotopic (exact) mass is 330 g/mol. The third kappa shape index (κ3) is 3.07. The maximum atomic E-state index is 13.1. The molecule has 1 fully saturated rings. The van der Waals surface area contributed by atoms with Gasteiger partial charge in [0.25, 0.3) is 0 Å². The van der Waals surface area contributed by atoms with Crippen molar-refractivity contribution in [3.8, 4) is 17.2 Å². The number of halogens is 1. The molecule has 1 saturated carbocycles. The van der Waals surface area contributed by atoms with Crippen molar-refractivity contribution in [1.82, 2.24) is 9.97 Å². The summed E-state index contributed by atoms with van der Waals surface area (Å²) in [6.45, 7) is 0. The Labute approximate surface area is 145 Å². The molecular weight excluding hydrogens is 315 g/mol. The molecule has 1 aliphatic rings. The first-order valence-electron chi connectivity index (χ1n) is 8.05. The summed E-state index contributed by atoms with van der Waals surface area (Å²) in [7, 11) is 0. The number of nitrogens with zero attached hydrogens (tertiary/aromatic N) is 3. The minimum Gasteiger partial charge on any atom is -0.345 e. The molecule has 0 amide bonds. The molecule has 3 aromatic rings. The van der Waals surface area contributed by atoms with E-state index < -0.39 is 0 Å². The Bertz CT molecular complexity index is 939. The number of nitrogens with one attached hydrogen (secondary N) is 1. The number of hydrogen-bond donors (Lipinski definition) is 1. The van der Waals surface area contributed by atoms with Crippen LogP contribution in [0.2, 0.25) is 0 Å². The summed E-state index contributed by atoms with van der Waals surface area (Å²) >= 11 is 0. The topological polar surface area (TPSA) is 61.6 Å². The standard InChI is InChI=1S/C20H15FN4/c21-18-6-4-15(5-7-18)16-2-1-3-17(10-16)20(8-9-20)25-19-23-12-14(11-22)13-24-19/h1-7,10,12-13H,8-9H2,(H,23,24,25). The highest BCUT2D eigenvalue weighted by Crippen LogP contribution is 2.48. The number of hydrogen-bond acceptors (Lipinski definition) is 4. The highest BCUT2D eigenvalue weighted by Gasteiger charge is 2.45. The van der Waals surface area contributed by atoms with Crippen molar-refractivity contribution in [1.29, 1.82) is 5.26 Å². The van der Waals surface area contributed by atoms with Crippen LogP contribution in [-0.2, 0) is 5.54 Å². The minimum absolute atomic E-state index is 0.176. The van der Waals surface area contributed by atoms with Crippen LogP contribution in [-0.4, -0.2) is 9.97 Å². The Hall–Kier alpha value is -3.26. The van der Waals surface area contributed by atoms with Gasteiger partial charge in [-0.25, -0.2) is 14.4 Å². The molecule has 1 N–H and O–H groups in total. The smallest absolute Gasteiger partial charge is 0.223 e. The molecule has 122 valence electrons. The zero-order chi connectivity index (χ0) is 17.3. The summed E-state index contributed by atoms with van der Waals surface area (Å²) in [6, 6.07) is 16.8. The average molecular weight is 330 g/mol. The molecule has 2 aromatic carbocycles. The van der Waals surface area contributed by atoms with Crippen molar-refractivity contribution in [2.45, 2.75) is 18.4 Å². The van der Waals surface area contributed by atoms with Crippen LogP contribution in [0.15, 0.2) is 60.9 Å². The molecule has 1 heterocycles. The highest BCUT2D eigenvalue weighted by atomic mass is 19.1. The highest BCUT2D eigenvalue weighted by molar-refractivity contribution is 5.65. The van der Waals surface area contributed by atoms with E-state index in [2.05, 4.69) is 27.4 Å². The second-order valence-electron chi connectivity index (χ2n) is 6.20. The van der Waals surface area contributed by atoms with Crippen LogP contribution < -0.4 is 5.32 Å². The molecule has 0 spiro atoms. The predicted octanol–water partition coefficient (Wildman–Crippen LogP) is 4.26. The van der Waals surface area contributed by atoms with Gasteiger partial charge in [-0.1, -0.05) is 30.3 Å². The van der Waals surface area contributed by atoms with Gasteiger partial charge in [0.05, 0.1) is 23.5 Å². The Morgan fingerprint density at radius 3 is 2.36 bits per heavy atom. The molecule has 0 saturated heterocycles. The van der Waals surface area contributed by atoms with E-state index >= 15 is 0 Å². The number of benzene rings is 2. The maximum absolute atomic E-state index is 13.1. The van der Waals surface area contributed by atoms with Crippen molar-refractivity contribution in [2.75, 3.05) is 5.32 Å². The first kappa shape index (κ1) is 15.3. The molecule has 0 aliphatic heterocycles. The van der Waals surface area contributed by atoms with Crippen molar-refractivity contribution < 1.29 is 4.39 Å². The van der Waals surface area contributed by atoms with Crippen LogP contribution in [0.5, 0.6) is 0 Å². The van der Waals surface area contributed by atoms with Gasteiger partial charge in [-0.15, -0.1) is 0 Å². The van der Waals surface area contributed by atoms with E-state index in [4.69, 9.17) is 5.26 Å². The SMILES string of the molecule is N#Cc1cnc(NC2(c3cccc(-c4ccc(F)cc4)c3)CC2)nc1. The van der Waals surface area contributed by atoms with E-state index in [1.54, 1.807) is 12.1 Å². The zero-order valence-corrected chi connectivity index (χ0v) is 13.4. The van der Waals surface area contributed by atoms with Crippen molar-refractivity contribution in [3.63, 3.8) is 0 Å². The lowest BCUT2D eigenvalue weighted by atomic mass is 9.98. The van der Waals surface area contributed by atoms with Gasteiger partial charge in [0, 0.05) is 0 Å². The van der Waals surface area contributed by atoms with Gasteiger partial charge in [-0.05, 0) is 47.7 Å². The number of nitriles is 1. The minimum atomic E-state index is -0.238. The zero-order valence-electron chi connectivity index (χ0n) is 13.4. The summed E-state index contributed by atoms with van der Waals surface area (Å²) in [5, 5.41) is 12.2. The Morgan fingerprint density at radius 2 is 1.72 bits per heavy atom. The third-order valence-corrected chi connectivity index (χ3v) is 4.47. The van der Waals surface area contributed by atoms with Gasteiger partial charge in [0.2, 0.25) is 5.95 Å². The lowest BCUT2D eigenvalue weighted by Crippen LogP contribution is -2.20. The predicted molar refractivity (Wildman–Crippen MR) is 93.1 cm³/mol. The van der Waals surface area contributed by atoms with E-state index in [1.165, 1.54) is 24.5 Å². The van der Waals surface area contributed by atoms with E-state index in [9.17, 15) is 4.39 Å². The maximum Gasteiger partial charge on any atom is 0.223 e. The molecule has 4 nitrogen and oxygen atoms in total. The summed E-state index contributed by atoms with van der Waals surface area (Å²) in [6.07, 6.45) is 5.01. The number of rotatable bonds is 4. The molecule has 4 rings (SSSR count). The van der Waals surface area contributed by atoms with Gasteiger partial charge in [0.1, 0.15) is 11.9 Å². The molecular formula is C20H15FN4. The van der Waals surface area contributed by atoms with E-state index in [1.807, 2.05) is 18.2 Å². The molecule has 0 radical (unpaired) electrons. The third-order valence-electron chi connectivity index (χ3n) is 4.47. The van der Waals surface area contributed by atoms with Crippen molar-refractivity contribution in [3.05, 3.63) is 77.9 Å². The lowest BCUT2D eigenvalue weighted by Gasteiger charge is -2.19. The number of aromatic nitrogens is 2. The molecule has 1 aromatic heterocycles. The van der Waals surface area contributed by atoms with Gasteiger partial charge in [0.15, 0.2) is 0 Å². The first-order valence-corrected chi connectivity index (χ1v) is 8.05. The number of anilines is 1. The normalized spacial score (nSPS) is 14.6. The second kappa shape index (κ2) is 5.99. The fraction of sp³-hybridized carbons (Fsp3) is 0.150. The fourth-order valence-corrected chi connectivity index (χ4v) is 2.91. The van der Waals surface area contributed by atoms with Crippen LogP contribution in [0, 0.1) is 17.1 Å². The quantitative estimate of drug-likeness (QED) is 0.776. The Balaban J connectivity index is 1.61. The molecule has 5 heteroatoms. The van der Waals surface area contributed by atoms with Crippen molar-refractivity contribution in [2.24, 2.45) is 0 Å². The van der Waals surface area contributed by atoms with Gasteiger partial charge in [-0.2, -0.15) is 5.26 Å². The second-order valence-corrected chi connectivity index (χ2v) is 6.20. The average Bonchev–Trinajstić information content (AvgIpc) is 3.44. The van der Waals surface area contributed by atoms with Crippen molar-refractivity contribution >= 4 is 5.95 Å². The molecule has 0 atom stereocenters. The summed E-state index contributed by atoms with van der Waals surface area (Å²) in [5.41, 5.74) is 3.44. The van der Waals surface area contributed by atoms with E-state index in [0.717, 1.165) is 29.5 Å². The van der Waals surface area contributed by atoms with E-state index in [0.29, 0.717) is 11.5 Å². The Morgan fingerprint density at radius 1 is 1.00 bits per heavy atom. The fourth-order valence-electron chi connectivity index (χ4n) is 2.91. The largest absolute Gasteiger partial charge is 0.345 e. The van der Waals surface area contributed by atoms with Gasteiger partial charge < -0.3 is 5.32 Å². The summed E-state index contributed by atoms with van der Waals surface area (Å²) in [4.78, 5) is 8.41. The summed E-state index contributed by atoms with van der Waals surface area (Å²) in [5.74, 6) is 0.280. The molecule has 25 heavy (non-hydrogen) atoms. The first-order chi connectivity index (χ1) is 12.2. The van der Waals surface area contributed by atoms with Crippen LogP contribution in [0.25, 0.3) is 11.1 Å². The van der Waals surface area contributed by atoms with Crippen LogP contribution in [0.3, 0.4) is 0 Å². The molecule has 0 bridgehead atoms. The van der Waals surface area contributed by atoms with E-state index in [-0.39, 0.29) is 11.4 Å². The van der Waals surface area contributed by atoms with Crippen LogP contribution >= 0.6 is 0 Å².